The lowest BCUT2D eigenvalue weighted by Crippen LogP contribution is -2.41. The van der Waals surface area contributed by atoms with Gasteiger partial charge in [-0.25, -0.2) is 4.79 Å². The van der Waals surface area contributed by atoms with Crippen LogP contribution in [0.4, 0.5) is 16.2 Å². The van der Waals surface area contributed by atoms with Crippen molar-refractivity contribution in [1.29, 1.82) is 0 Å². The Morgan fingerprint density at radius 2 is 1.11 bits per heavy atom. The van der Waals surface area contributed by atoms with Crippen molar-refractivity contribution < 1.29 is 18.3 Å². The van der Waals surface area contributed by atoms with Crippen molar-refractivity contribution >= 4 is 27.7 Å². The molecule has 0 aliphatic heterocycles. The SMILES string of the molecule is CC(C)c1cccc(C(C)C)c1NS(=O)(=O)N(C(=O)O)c1c(-c2ccccc2)cccc1-c1ccccc1. The molecule has 7 heteroatoms. The first-order chi connectivity index (χ1) is 18.1. The van der Waals surface area contributed by atoms with E-state index in [1.165, 1.54) is 0 Å². The number of para-hydroxylation sites is 2. The molecule has 1 amide bonds. The van der Waals surface area contributed by atoms with Crippen LogP contribution in [0, 0.1) is 0 Å². The molecule has 0 saturated carbocycles. The van der Waals surface area contributed by atoms with Gasteiger partial charge in [0.05, 0.1) is 11.4 Å². The van der Waals surface area contributed by atoms with Crippen molar-refractivity contribution in [2.24, 2.45) is 0 Å². The normalized spacial score (nSPS) is 11.5. The fourth-order valence-corrected chi connectivity index (χ4v) is 5.85. The molecular formula is C31H32N2O4S. The van der Waals surface area contributed by atoms with E-state index < -0.39 is 16.3 Å². The minimum Gasteiger partial charge on any atom is -0.464 e. The van der Waals surface area contributed by atoms with E-state index in [9.17, 15) is 18.3 Å². The number of anilines is 2. The molecule has 2 N–H and O–H groups in total. The maximum absolute atomic E-state index is 14.1. The fraction of sp³-hybridized carbons (Fsp3) is 0.194. The van der Waals surface area contributed by atoms with Gasteiger partial charge >= 0.3 is 16.3 Å². The van der Waals surface area contributed by atoms with E-state index in [-0.39, 0.29) is 17.5 Å². The number of hydrogen-bond donors (Lipinski definition) is 2. The molecule has 0 unspecified atom stereocenters. The number of carboxylic acid groups (broad SMARTS) is 1. The van der Waals surface area contributed by atoms with Crippen LogP contribution in [0.15, 0.2) is 97.1 Å². The fourth-order valence-electron chi connectivity index (χ4n) is 4.63. The third-order valence-electron chi connectivity index (χ3n) is 6.43. The number of amides is 1. The van der Waals surface area contributed by atoms with Crippen molar-refractivity contribution in [1.82, 2.24) is 0 Å². The molecular weight excluding hydrogens is 496 g/mol. The van der Waals surface area contributed by atoms with Gasteiger partial charge in [0, 0.05) is 11.1 Å². The van der Waals surface area contributed by atoms with E-state index in [1.807, 2.05) is 107 Å². The summed E-state index contributed by atoms with van der Waals surface area (Å²) in [6.45, 7) is 7.91. The average Bonchev–Trinajstić information content (AvgIpc) is 2.89. The minimum absolute atomic E-state index is 0.0150. The first-order valence-electron chi connectivity index (χ1n) is 12.5. The third-order valence-corrected chi connectivity index (χ3v) is 7.71. The molecule has 0 bridgehead atoms. The first kappa shape index (κ1) is 26.9. The quantitative estimate of drug-likeness (QED) is 0.242. The Labute approximate surface area is 224 Å². The summed E-state index contributed by atoms with van der Waals surface area (Å²) < 4.78 is 31.3. The number of hydrogen-bond acceptors (Lipinski definition) is 3. The van der Waals surface area contributed by atoms with Crippen molar-refractivity contribution in [3.63, 3.8) is 0 Å². The highest BCUT2D eigenvalue weighted by atomic mass is 32.2. The number of rotatable bonds is 8. The van der Waals surface area contributed by atoms with Crippen LogP contribution in [0.2, 0.25) is 0 Å². The van der Waals surface area contributed by atoms with Gasteiger partial charge in [0.25, 0.3) is 0 Å². The Bertz CT molecular complexity index is 1450. The first-order valence-corrected chi connectivity index (χ1v) is 14.0. The maximum Gasteiger partial charge on any atom is 0.427 e. The van der Waals surface area contributed by atoms with Gasteiger partial charge in [0.15, 0.2) is 0 Å². The number of nitrogens with zero attached hydrogens (tertiary/aromatic N) is 1. The minimum atomic E-state index is -4.62. The molecule has 6 nitrogen and oxygen atoms in total. The molecule has 4 rings (SSSR count). The van der Waals surface area contributed by atoms with Crippen LogP contribution in [-0.4, -0.2) is 19.6 Å². The summed E-state index contributed by atoms with van der Waals surface area (Å²) in [5.74, 6) is 0.0299. The Hall–Kier alpha value is -4.10. The van der Waals surface area contributed by atoms with E-state index in [2.05, 4.69) is 4.72 Å². The third kappa shape index (κ3) is 5.43. The molecule has 0 aliphatic carbocycles. The van der Waals surface area contributed by atoms with Crippen LogP contribution < -0.4 is 9.03 Å². The Kier molecular flexibility index (Phi) is 7.88. The lowest BCUT2D eigenvalue weighted by molar-refractivity contribution is 0.206. The standard InChI is InChI=1S/C31H32N2O4S/c1-21(2)25-17-11-18-26(22(3)4)29(25)32-38(36,37)33(31(34)35)30-27(23-13-7-5-8-14-23)19-12-20-28(30)24-15-9-6-10-16-24/h5-22,32H,1-4H3,(H,34,35). The predicted octanol–water partition coefficient (Wildman–Crippen LogP) is 8.11. The Morgan fingerprint density at radius 1 is 0.684 bits per heavy atom. The van der Waals surface area contributed by atoms with Crippen LogP contribution in [0.25, 0.3) is 22.3 Å². The monoisotopic (exact) mass is 528 g/mol. The van der Waals surface area contributed by atoms with Crippen LogP contribution in [-0.2, 0) is 10.2 Å². The number of nitrogens with one attached hydrogen (secondary N) is 1. The van der Waals surface area contributed by atoms with Gasteiger partial charge < -0.3 is 5.11 Å². The molecule has 4 aromatic carbocycles. The van der Waals surface area contributed by atoms with Gasteiger partial charge in [0.2, 0.25) is 0 Å². The van der Waals surface area contributed by atoms with E-state index >= 15 is 0 Å². The highest BCUT2D eigenvalue weighted by Crippen LogP contribution is 2.42. The lowest BCUT2D eigenvalue weighted by Gasteiger charge is -2.27. The smallest absolute Gasteiger partial charge is 0.427 e. The van der Waals surface area contributed by atoms with E-state index in [0.717, 1.165) is 11.1 Å². The summed E-state index contributed by atoms with van der Waals surface area (Å²) in [4.78, 5) is 12.8. The largest absolute Gasteiger partial charge is 0.464 e. The Balaban J connectivity index is 1.98. The van der Waals surface area contributed by atoms with Gasteiger partial charge in [-0.1, -0.05) is 125 Å². The van der Waals surface area contributed by atoms with Crippen LogP contribution >= 0.6 is 0 Å². The Morgan fingerprint density at radius 3 is 1.50 bits per heavy atom. The summed E-state index contributed by atoms with van der Waals surface area (Å²) in [5.41, 5.74) is 4.45. The van der Waals surface area contributed by atoms with Crippen LogP contribution in [0.1, 0.15) is 50.7 Å². The predicted molar refractivity (Wildman–Crippen MR) is 155 cm³/mol. The van der Waals surface area contributed by atoms with E-state index in [1.54, 1.807) is 18.2 Å². The van der Waals surface area contributed by atoms with Crippen molar-refractivity contribution in [3.8, 4) is 22.3 Å². The molecule has 196 valence electrons. The number of carbonyl (C=O) groups is 1. The zero-order chi connectivity index (χ0) is 27.4. The summed E-state index contributed by atoms with van der Waals surface area (Å²) in [6, 6.07) is 29.3. The molecule has 0 radical (unpaired) electrons. The van der Waals surface area contributed by atoms with Gasteiger partial charge in [0.1, 0.15) is 0 Å². The summed E-state index contributed by atoms with van der Waals surface area (Å²) in [7, 11) is -4.62. The number of benzene rings is 4. The maximum atomic E-state index is 14.1. The molecule has 0 saturated heterocycles. The highest BCUT2D eigenvalue weighted by Gasteiger charge is 2.35. The van der Waals surface area contributed by atoms with Crippen molar-refractivity contribution in [2.45, 2.75) is 39.5 Å². The average molecular weight is 529 g/mol. The van der Waals surface area contributed by atoms with Gasteiger partial charge in [-0.2, -0.15) is 12.7 Å². The molecule has 4 aromatic rings. The summed E-state index contributed by atoms with van der Waals surface area (Å²) in [5, 5.41) is 10.4. The van der Waals surface area contributed by atoms with E-state index in [4.69, 9.17) is 0 Å². The molecule has 38 heavy (non-hydrogen) atoms. The zero-order valence-corrected chi connectivity index (χ0v) is 22.7. The van der Waals surface area contributed by atoms with Crippen LogP contribution in [0.3, 0.4) is 0 Å². The van der Waals surface area contributed by atoms with Gasteiger partial charge in [-0.3, -0.25) is 4.72 Å². The van der Waals surface area contributed by atoms with Crippen molar-refractivity contribution in [3.05, 3.63) is 108 Å². The molecule has 0 aliphatic rings. The highest BCUT2D eigenvalue weighted by molar-refractivity contribution is 7.94. The van der Waals surface area contributed by atoms with Crippen molar-refractivity contribution in [2.75, 3.05) is 9.03 Å². The molecule has 0 spiro atoms. The van der Waals surface area contributed by atoms with Crippen LogP contribution in [0.5, 0.6) is 0 Å². The second-order valence-corrected chi connectivity index (χ2v) is 11.2. The molecule has 0 heterocycles. The molecule has 0 aromatic heterocycles. The summed E-state index contributed by atoms with van der Waals surface area (Å²) in [6.07, 6.45) is -1.61. The van der Waals surface area contributed by atoms with Gasteiger partial charge in [-0.05, 0) is 34.1 Å². The van der Waals surface area contributed by atoms with E-state index in [0.29, 0.717) is 32.2 Å². The summed E-state index contributed by atoms with van der Waals surface area (Å²) >= 11 is 0. The molecule has 0 atom stereocenters. The second kappa shape index (κ2) is 11.1. The topological polar surface area (TPSA) is 86.7 Å². The zero-order valence-electron chi connectivity index (χ0n) is 21.9. The van der Waals surface area contributed by atoms with Gasteiger partial charge in [-0.15, -0.1) is 0 Å². The lowest BCUT2D eigenvalue weighted by atomic mass is 9.93. The second-order valence-electron chi connectivity index (χ2n) is 9.71. The molecule has 0 fully saturated rings.